The van der Waals surface area contributed by atoms with E-state index in [2.05, 4.69) is 5.32 Å². The third kappa shape index (κ3) is 4.61. The van der Waals surface area contributed by atoms with Crippen molar-refractivity contribution in [3.05, 3.63) is 34.4 Å². The van der Waals surface area contributed by atoms with Gasteiger partial charge in [-0.2, -0.15) is 0 Å². The van der Waals surface area contributed by atoms with Gasteiger partial charge in [-0.1, -0.05) is 11.6 Å². The van der Waals surface area contributed by atoms with Gasteiger partial charge in [0.25, 0.3) is 0 Å². The summed E-state index contributed by atoms with van der Waals surface area (Å²) >= 11 is 5.57. The highest BCUT2D eigenvalue weighted by Gasteiger charge is 2.21. The lowest BCUT2D eigenvalue weighted by Crippen LogP contribution is -2.37. The Morgan fingerprint density at radius 2 is 2.05 bits per heavy atom. The molecule has 112 valence electrons. The smallest absolute Gasteiger partial charge is 0.407 e. The second kappa shape index (κ2) is 6.37. The van der Waals surface area contributed by atoms with Crippen LogP contribution in [0.5, 0.6) is 0 Å². The molecule has 0 aliphatic heterocycles. The second-order valence-electron chi connectivity index (χ2n) is 5.25. The summed E-state index contributed by atoms with van der Waals surface area (Å²) in [6.07, 6.45) is -0.712. The molecule has 1 amide bonds. The average molecular weight is 307 g/mol. The highest BCUT2D eigenvalue weighted by atomic mass is 35.5. The number of alkyl carbamates (subject to hydrolysis) is 1. The molecule has 7 heteroatoms. The SMILES string of the molecule is CC(C)(C)OC(=O)NCC(N)c1c(F)ccc(Cl)c1F. The molecule has 1 aromatic rings. The van der Waals surface area contributed by atoms with Crippen molar-refractivity contribution in [2.45, 2.75) is 32.4 Å². The predicted molar refractivity (Wildman–Crippen MR) is 72.5 cm³/mol. The van der Waals surface area contributed by atoms with E-state index < -0.39 is 29.4 Å². The summed E-state index contributed by atoms with van der Waals surface area (Å²) in [6.45, 7) is 4.91. The molecule has 1 atom stereocenters. The number of benzene rings is 1. The lowest BCUT2D eigenvalue weighted by molar-refractivity contribution is 0.0524. The molecule has 0 spiro atoms. The van der Waals surface area contributed by atoms with Crippen LogP contribution in [0, 0.1) is 11.6 Å². The Morgan fingerprint density at radius 3 is 2.60 bits per heavy atom. The number of hydrogen-bond donors (Lipinski definition) is 2. The molecule has 0 bridgehead atoms. The summed E-state index contributed by atoms with van der Waals surface area (Å²) in [7, 11) is 0. The van der Waals surface area contributed by atoms with Crippen molar-refractivity contribution in [3.63, 3.8) is 0 Å². The first kappa shape index (κ1) is 16.7. The van der Waals surface area contributed by atoms with Gasteiger partial charge < -0.3 is 15.8 Å². The minimum atomic E-state index is -1.07. The van der Waals surface area contributed by atoms with Gasteiger partial charge in [0.05, 0.1) is 11.1 Å². The number of nitrogens with one attached hydrogen (secondary N) is 1. The van der Waals surface area contributed by atoms with Crippen LogP contribution in [0.15, 0.2) is 12.1 Å². The number of hydrogen-bond acceptors (Lipinski definition) is 3. The van der Waals surface area contributed by atoms with E-state index in [9.17, 15) is 13.6 Å². The van der Waals surface area contributed by atoms with Crippen molar-refractivity contribution in [1.29, 1.82) is 0 Å². The van der Waals surface area contributed by atoms with Crippen molar-refractivity contribution < 1.29 is 18.3 Å². The third-order valence-corrected chi connectivity index (χ3v) is 2.61. The Morgan fingerprint density at radius 1 is 1.45 bits per heavy atom. The number of carbonyl (C=O) groups excluding carboxylic acids is 1. The maximum absolute atomic E-state index is 13.7. The molecule has 1 rings (SSSR count). The lowest BCUT2D eigenvalue weighted by atomic mass is 10.1. The highest BCUT2D eigenvalue weighted by Crippen LogP contribution is 2.25. The summed E-state index contributed by atoms with van der Waals surface area (Å²) < 4.78 is 32.3. The third-order valence-electron chi connectivity index (χ3n) is 2.32. The van der Waals surface area contributed by atoms with Gasteiger partial charge >= 0.3 is 6.09 Å². The summed E-state index contributed by atoms with van der Waals surface area (Å²) in [5.74, 6) is -1.74. The van der Waals surface area contributed by atoms with E-state index in [1.807, 2.05) is 0 Å². The van der Waals surface area contributed by atoms with Gasteiger partial charge in [0, 0.05) is 12.1 Å². The van der Waals surface area contributed by atoms with Crippen LogP contribution in [0.1, 0.15) is 32.4 Å². The largest absolute Gasteiger partial charge is 0.444 e. The van der Waals surface area contributed by atoms with Gasteiger partial charge in [0.15, 0.2) is 0 Å². The Bertz CT molecular complexity index is 504. The van der Waals surface area contributed by atoms with E-state index in [4.69, 9.17) is 22.1 Å². The van der Waals surface area contributed by atoms with Crippen LogP contribution in [0.2, 0.25) is 5.02 Å². The maximum Gasteiger partial charge on any atom is 0.407 e. The van der Waals surface area contributed by atoms with Crippen LogP contribution in [-0.2, 0) is 4.74 Å². The molecule has 0 radical (unpaired) electrons. The van der Waals surface area contributed by atoms with Crippen LogP contribution in [0.3, 0.4) is 0 Å². The molecular formula is C13H17ClF2N2O2. The van der Waals surface area contributed by atoms with Gasteiger partial charge in [-0.05, 0) is 32.9 Å². The fourth-order valence-corrected chi connectivity index (χ4v) is 1.66. The summed E-state index contributed by atoms with van der Waals surface area (Å²) in [6, 6.07) is 1.05. The Balaban J connectivity index is 2.71. The van der Waals surface area contributed by atoms with Gasteiger partial charge in [0.1, 0.15) is 17.2 Å². The monoisotopic (exact) mass is 306 g/mol. The topological polar surface area (TPSA) is 64.3 Å². The van der Waals surface area contributed by atoms with Crippen molar-refractivity contribution in [3.8, 4) is 0 Å². The zero-order valence-corrected chi connectivity index (χ0v) is 12.2. The molecule has 1 unspecified atom stereocenters. The Kier molecular flexibility index (Phi) is 5.30. The molecule has 3 N–H and O–H groups in total. The standard InChI is InChI=1S/C13H17ClF2N2O2/c1-13(2,3)20-12(19)18-6-9(17)10-8(15)5-4-7(14)11(10)16/h4-5,9H,6,17H2,1-3H3,(H,18,19). The molecule has 0 saturated heterocycles. The van der Waals surface area contributed by atoms with Crippen molar-refractivity contribution in [1.82, 2.24) is 5.32 Å². The quantitative estimate of drug-likeness (QED) is 0.843. The molecule has 0 heterocycles. The zero-order chi connectivity index (χ0) is 15.5. The molecule has 0 aliphatic rings. The summed E-state index contributed by atoms with van der Waals surface area (Å²) in [5.41, 5.74) is 4.64. The first-order valence-electron chi connectivity index (χ1n) is 5.97. The molecule has 0 aliphatic carbocycles. The van der Waals surface area contributed by atoms with E-state index in [1.165, 1.54) is 0 Å². The van der Waals surface area contributed by atoms with Crippen LogP contribution < -0.4 is 11.1 Å². The van der Waals surface area contributed by atoms with Gasteiger partial charge in [0.2, 0.25) is 0 Å². The zero-order valence-electron chi connectivity index (χ0n) is 11.5. The summed E-state index contributed by atoms with van der Waals surface area (Å²) in [4.78, 5) is 11.4. The first-order chi connectivity index (χ1) is 9.11. The van der Waals surface area contributed by atoms with E-state index >= 15 is 0 Å². The normalized spacial score (nSPS) is 12.9. The predicted octanol–water partition coefficient (Wildman–Crippen LogP) is 3.14. The van der Waals surface area contributed by atoms with Gasteiger partial charge in [-0.25, -0.2) is 13.6 Å². The number of rotatable bonds is 3. The number of carbonyl (C=O) groups is 1. The number of ether oxygens (including phenoxy) is 1. The Labute approximate surface area is 121 Å². The summed E-state index contributed by atoms with van der Waals surface area (Å²) in [5, 5.41) is 2.12. The van der Waals surface area contributed by atoms with Crippen LogP contribution in [-0.4, -0.2) is 18.2 Å². The number of halogens is 3. The van der Waals surface area contributed by atoms with Crippen LogP contribution in [0.4, 0.5) is 13.6 Å². The molecule has 4 nitrogen and oxygen atoms in total. The second-order valence-corrected chi connectivity index (χ2v) is 5.65. The molecule has 0 aromatic heterocycles. The number of amides is 1. The first-order valence-corrected chi connectivity index (χ1v) is 6.35. The van der Waals surface area contributed by atoms with Gasteiger partial charge in [-0.15, -0.1) is 0 Å². The molecule has 1 aromatic carbocycles. The average Bonchev–Trinajstić information content (AvgIpc) is 2.30. The highest BCUT2D eigenvalue weighted by molar-refractivity contribution is 6.30. The van der Waals surface area contributed by atoms with Crippen LogP contribution >= 0.6 is 11.6 Å². The molecule has 0 saturated carbocycles. The van der Waals surface area contributed by atoms with E-state index in [1.54, 1.807) is 20.8 Å². The Hall–Kier alpha value is -1.40. The van der Waals surface area contributed by atoms with E-state index in [0.29, 0.717) is 0 Å². The molecular weight excluding hydrogens is 290 g/mol. The van der Waals surface area contributed by atoms with Crippen molar-refractivity contribution >= 4 is 17.7 Å². The van der Waals surface area contributed by atoms with E-state index in [0.717, 1.165) is 12.1 Å². The lowest BCUT2D eigenvalue weighted by Gasteiger charge is -2.21. The van der Waals surface area contributed by atoms with Crippen molar-refractivity contribution in [2.75, 3.05) is 6.54 Å². The molecule has 0 fully saturated rings. The molecule has 20 heavy (non-hydrogen) atoms. The van der Waals surface area contributed by atoms with Crippen molar-refractivity contribution in [2.24, 2.45) is 5.73 Å². The fourth-order valence-electron chi connectivity index (χ4n) is 1.49. The van der Waals surface area contributed by atoms with Crippen LogP contribution in [0.25, 0.3) is 0 Å². The fraction of sp³-hybridized carbons (Fsp3) is 0.462. The van der Waals surface area contributed by atoms with Gasteiger partial charge in [-0.3, -0.25) is 0 Å². The minimum Gasteiger partial charge on any atom is -0.444 e. The number of nitrogens with two attached hydrogens (primary N) is 1. The maximum atomic E-state index is 13.7. The van der Waals surface area contributed by atoms with E-state index in [-0.39, 0.29) is 17.1 Å². The minimum absolute atomic E-state index is 0.177.